The molecular formula is C23H38N2O2S2. The maximum atomic E-state index is 12.3. The topological polar surface area (TPSA) is 59.1 Å². The molecule has 0 spiro atoms. The summed E-state index contributed by atoms with van der Waals surface area (Å²) in [6, 6.07) is 5.50. The predicted molar refractivity (Wildman–Crippen MR) is 127 cm³/mol. The number of sulfonamides is 1. The molecule has 164 valence electrons. The van der Waals surface area contributed by atoms with E-state index < -0.39 is 10.0 Å². The van der Waals surface area contributed by atoms with Gasteiger partial charge in [-0.3, -0.25) is 4.72 Å². The van der Waals surface area contributed by atoms with Crippen LogP contribution in [-0.2, 0) is 10.0 Å². The lowest BCUT2D eigenvalue weighted by atomic mass is 10.0. The molecule has 6 heteroatoms. The number of hydrogen-bond donors (Lipinski definition) is 1. The number of nitrogens with zero attached hydrogens (tertiary/aromatic N) is 1. The summed E-state index contributed by atoms with van der Waals surface area (Å²) in [7, 11) is -3.27. The molecule has 0 aliphatic heterocycles. The zero-order valence-corrected chi connectivity index (χ0v) is 19.6. The molecule has 0 radical (unpaired) electrons. The molecular weight excluding hydrogens is 400 g/mol. The summed E-state index contributed by atoms with van der Waals surface area (Å²) in [5.41, 5.74) is 3.31. The SMILES string of the molecule is CCCCCCCCCCCCCCCCS(=O)(=O)Nc1ccc2ncsc2c1. The molecule has 0 unspecified atom stereocenters. The number of benzene rings is 1. The molecule has 0 fully saturated rings. The van der Waals surface area contributed by atoms with E-state index in [1.54, 1.807) is 11.6 Å². The van der Waals surface area contributed by atoms with Crippen LogP contribution in [0.4, 0.5) is 5.69 Å². The maximum Gasteiger partial charge on any atom is 0.232 e. The van der Waals surface area contributed by atoms with Crippen LogP contribution in [0.3, 0.4) is 0 Å². The fourth-order valence-corrected chi connectivity index (χ4v) is 5.52. The second kappa shape index (κ2) is 14.0. The first-order valence-corrected chi connectivity index (χ1v) is 14.0. The van der Waals surface area contributed by atoms with Crippen molar-refractivity contribution in [2.45, 2.75) is 96.8 Å². The minimum Gasteiger partial charge on any atom is -0.284 e. The second-order valence-electron chi connectivity index (χ2n) is 8.05. The molecule has 1 aromatic carbocycles. The van der Waals surface area contributed by atoms with Crippen molar-refractivity contribution in [3.8, 4) is 0 Å². The summed E-state index contributed by atoms with van der Waals surface area (Å²) < 4.78 is 28.2. The lowest BCUT2D eigenvalue weighted by Crippen LogP contribution is -2.16. The summed E-state index contributed by atoms with van der Waals surface area (Å²) >= 11 is 1.52. The number of nitrogens with one attached hydrogen (secondary N) is 1. The van der Waals surface area contributed by atoms with Crippen LogP contribution in [0.1, 0.15) is 96.8 Å². The number of unbranched alkanes of at least 4 members (excludes halogenated alkanes) is 13. The van der Waals surface area contributed by atoms with Crippen molar-refractivity contribution in [3.05, 3.63) is 23.7 Å². The van der Waals surface area contributed by atoms with E-state index >= 15 is 0 Å². The molecule has 0 aliphatic carbocycles. The van der Waals surface area contributed by atoms with Crippen molar-refractivity contribution < 1.29 is 8.42 Å². The van der Waals surface area contributed by atoms with Gasteiger partial charge in [0.25, 0.3) is 0 Å². The van der Waals surface area contributed by atoms with E-state index in [2.05, 4.69) is 16.6 Å². The van der Waals surface area contributed by atoms with E-state index in [9.17, 15) is 8.42 Å². The smallest absolute Gasteiger partial charge is 0.232 e. The fourth-order valence-electron chi connectivity index (χ4n) is 3.64. The summed E-state index contributed by atoms with van der Waals surface area (Å²) in [5, 5.41) is 0. The van der Waals surface area contributed by atoms with Gasteiger partial charge in [-0.05, 0) is 24.6 Å². The van der Waals surface area contributed by atoms with E-state index in [4.69, 9.17) is 0 Å². The third-order valence-corrected chi connectivity index (χ3v) is 7.54. The van der Waals surface area contributed by atoms with Gasteiger partial charge in [0.1, 0.15) is 0 Å². The molecule has 0 aliphatic rings. The molecule has 2 aromatic rings. The highest BCUT2D eigenvalue weighted by Crippen LogP contribution is 2.22. The summed E-state index contributed by atoms with van der Waals surface area (Å²) in [4.78, 5) is 4.22. The predicted octanol–water partition coefficient (Wildman–Crippen LogP) is 7.52. The number of fused-ring (bicyclic) bond motifs is 1. The Kier molecular flexibility index (Phi) is 11.6. The third-order valence-electron chi connectivity index (χ3n) is 5.37. The molecule has 1 N–H and O–H groups in total. The Bertz CT molecular complexity index is 787. The molecule has 0 atom stereocenters. The standard InChI is InChI=1S/C23H38N2O2S2/c1-2-3-4-5-6-7-8-9-10-11-12-13-14-15-18-29(26,27)25-21-16-17-22-23(19-21)28-20-24-22/h16-17,19-20,25H,2-15,18H2,1H3. The first-order chi connectivity index (χ1) is 14.1. The van der Waals surface area contributed by atoms with Gasteiger partial charge in [-0.2, -0.15) is 0 Å². The Morgan fingerprint density at radius 1 is 0.828 bits per heavy atom. The van der Waals surface area contributed by atoms with E-state index in [1.165, 1.54) is 82.0 Å². The minimum atomic E-state index is -3.27. The van der Waals surface area contributed by atoms with Gasteiger partial charge in [0.05, 0.1) is 27.2 Å². The lowest BCUT2D eigenvalue weighted by Gasteiger charge is -2.08. The van der Waals surface area contributed by atoms with Crippen molar-refractivity contribution in [2.24, 2.45) is 0 Å². The van der Waals surface area contributed by atoms with Gasteiger partial charge in [-0.25, -0.2) is 13.4 Å². The molecule has 0 saturated heterocycles. The highest BCUT2D eigenvalue weighted by molar-refractivity contribution is 7.92. The Balaban J connectivity index is 1.45. The van der Waals surface area contributed by atoms with Crippen LogP contribution in [0.25, 0.3) is 10.2 Å². The average molecular weight is 439 g/mol. The summed E-state index contributed by atoms with van der Waals surface area (Å²) in [6.45, 7) is 2.26. The summed E-state index contributed by atoms with van der Waals surface area (Å²) in [6.07, 6.45) is 17.8. The van der Waals surface area contributed by atoms with Gasteiger partial charge < -0.3 is 0 Å². The van der Waals surface area contributed by atoms with Gasteiger partial charge in [0.15, 0.2) is 0 Å². The quantitative estimate of drug-likeness (QED) is 0.260. The number of aromatic nitrogens is 1. The number of rotatable bonds is 17. The van der Waals surface area contributed by atoms with Crippen molar-refractivity contribution in [3.63, 3.8) is 0 Å². The third kappa shape index (κ3) is 10.4. The molecule has 1 aromatic heterocycles. The van der Waals surface area contributed by atoms with Crippen LogP contribution in [0, 0.1) is 0 Å². The molecule has 2 rings (SSSR count). The molecule has 0 bridgehead atoms. The first kappa shape index (κ1) is 24.1. The average Bonchev–Trinajstić information content (AvgIpc) is 3.15. The van der Waals surface area contributed by atoms with Gasteiger partial charge in [-0.15, -0.1) is 11.3 Å². The lowest BCUT2D eigenvalue weighted by molar-refractivity contribution is 0.537. The maximum absolute atomic E-state index is 12.3. The van der Waals surface area contributed by atoms with Crippen LogP contribution in [0.15, 0.2) is 23.7 Å². The van der Waals surface area contributed by atoms with Crippen molar-refractivity contribution in [1.29, 1.82) is 0 Å². The van der Waals surface area contributed by atoms with Crippen molar-refractivity contribution >= 4 is 37.3 Å². The fraction of sp³-hybridized carbons (Fsp3) is 0.696. The normalized spacial score (nSPS) is 11.9. The molecule has 0 saturated carbocycles. The monoisotopic (exact) mass is 438 g/mol. The van der Waals surface area contributed by atoms with E-state index in [1.807, 2.05) is 12.1 Å². The van der Waals surface area contributed by atoms with Crippen LogP contribution in [0.2, 0.25) is 0 Å². The van der Waals surface area contributed by atoms with Crippen molar-refractivity contribution in [1.82, 2.24) is 4.98 Å². The largest absolute Gasteiger partial charge is 0.284 e. The van der Waals surface area contributed by atoms with Gasteiger partial charge in [-0.1, -0.05) is 90.4 Å². The van der Waals surface area contributed by atoms with Crippen molar-refractivity contribution in [2.75, 3.05) is 10.5 Å². The van der Waals surface area contributed by atoms with Gasteiger partial charge in [0, 0.05) is 0 Å². The Labute approximate surface area is 181 Å². The van der Waals surface area contributed by atoms with E-state index in [-0.39, 0.29) is 5.75 Å². The summed E-state index contributed by atoms with van der Waals surface area (Å²) in [5.74, 6) is 0.200. The van der Waals surface area contributed by atoms with Gasteiger partial charge >= 0.3 is 0 Å². The van der Waals surface area contributed by atoms with E-state index in [0.717, 1.165) is 29.5 Å². The Hall–Kier alpha value is -1.14. The Morgan fingerprint density at radius 2 is 1.38 bits per heavy atom. The number of anilines is 1. The van der Waals surface area contributed by atoms with Crippen LogP contribution in [-0.4, -0.2) is 19.2 Å². The van der Waals surface area contributed by atoms with Crippen LogP contribution in [0.5, 0.6) is 0 Å². The van der Waals surface area contributed by atoms with Gasteiger partial charge in [0.2, 0.25) is 10.0 Å². The molecule has 29 heavy (non-hydrogen) atoms. The number of thiazole rings is 1. The highest BCUT2D eigenvalue weighted by atomic mass is 32.2. The first-order valence-electron chi connectivity index (χ1n) is 11.4. The second-order valence-corrected chi connectivity index (χ2v) is 10.8. The molecule has 0 amide bonds. The van der Waals surface area contributed by atoms with Crippen LogP contribution < -0.4 is 4.72 Å². The van der Waals surface area contributed by atoms with Crippen LogP contribution >= 0.6 is 11.3 Å². The zero-order valence-electron chi connectivity index (χ0n) is 18.0. The number of hydrogen-bond acceptors (Lipinski definition) is 4. The molecule has 4 nitrogen and oxygen atoms in total. The zero-order chi connectivity index (χ0) is 20.8. The Morgan fingerprint density at radius 3 is 1.97 bits per heavy atom. The van der Waals surface area contributed by atoms with E-state index in [0.29, 0.717) is 5.69 Å². The molecule has 1 heterocycles. The highest BCUT2D eigenvalue weighted by Gasteiger charge is 2.10. The minimum absolute atomic E-state index is 0.200.